The lowest BCUT2D eigenvalue weighted by molar-refractivity contribution is -0.141. The molecular formula is C15H18F4O2. The number of benzene rings is 1. The first kappa shape index (κ1) is 16.1. The number of rotatable bonds is 3. The van der Waals surface area contributed by atoms with Gasteiger partial charge in [0.25, 0.3) is 0 Å². The normalized spacial score (nSPS) is 23.1. The molecule has 1 aliphatic rings. The van der Waals surface area contributed by atoms with Crippen molar-refractivity contribution in [1.82, 2.24) is 0 Å². The maximum Gasteiger partial charge on any atom is 0.422 e. The molecule has 6 heteroatoms. The Kier molecular flexibility index (Phi) is 4.76. The van der Waals surface area contributed by atoms with Crippen molar-refractivity contribution < 1.29 is 27.0 Å². The standard InChI is InChI=1S/C15H18F4O2/c1-9-3-5-11(20-7-9)8-21-12-6-4-10(2)14(16)13(12)15(17,18)19/h4,6,9,11H,3,5,7-8H2,1-2H3/t9?,11-/m0/s1. The van der Waals surface area contributed by atoms with Crippen LogP contribution in [0.3, 0.4) is 0 Å². The van der Waals surface area contributed by atoms with E-state index < -0.39 is 23.3 Å². The van der Waals surface area contributed by atoms with Gasteiger partial charge in [0.15, 0.2) is 0 Å². The molecule has 2 nitrogen and oxygen atoms in total. The Morgan fingerprint density at radius 2 is 2.00 bits per heavy atom. The van der Waals surface area contributed by atoms with Gasteiger partial charge in [-0.1, -0.05) is 13.0 Å². The van der Waals surface area contributed by atoms with E-state index in [1.807, 2.05) is 6.92 Å². The minimum absolute atomic E-state index is 0.00169. The average Bonchev–Trinajstić information content (AvgIpc) is 2.40. The van der Waals surface area contributed by atoms with Gasteiger partial charge in [0.05, 0.1) is 6.10 Å². The Hall–Kier alpha value is -1.30. The zero-order valence-electron chi connectivity index (χ0n) is 12.0. The molecule has 0 saturated carbocycles. The third kappa shape index (κ3) is 3.87. The van der Waals surface area contributed by atoms with Crippen molar-refractivity contribution in [3.63, 3.8) is 0 Å². The molecule has 0 bridgehead atoms. The highest BCUT2D eigenvalue weighted by Crippen LogP contribution is 2.39. The zero-order chi connectivity index (χ0) is 15.6. The van der Waals surface area contributed by atoms with Crippen LogP contribution in [0, 0.1) is 18.7 Å². The molecule has 1 aliphatic heterocycles. The number of aryl methyl sites for hydroxylation is 1. The summed E-state index contributed by atoms with van der Waals surface area (Å²) in [6.45, 7) is 3.91. The Morgan fingerprint density at radius 3 is 2.57 bits per heavy atom. The van der Waals surface area contributed by atoms with Gasteiger partial charge < -0.3 is 9.47 Å². The Morgan fingerprint density at radius 1 is 1.29 bits per heavy atom. The van der Waals surface area contributed by atoms with Crippen LogP contribution in [0.4, 0.5) is 17.6 Å². The zero-order valence-corrected chi connectivity index (χ0v) is 12.0. The van der Waals surface area contributed by atoms with Crippen LogP contribution in [0.1, 0.15) is 30.9 Å². The molecule has 1 saturated heterocycles. The monoisotopic (exact) mass is 306 g/mol. The molecule has 0 N–H and O–H groups in total. The summed E-state index contributed by atoms with van der Waals surface area (Å²) >= 11 is 0. The second-order valence-electron chi connectivity index (χ2n) is 5.52. The van der Waals surface area contributed by atoms with Crippen LogP contribution < -0.4 is 4.74 Å². The fourth-order valence-electron chi connectivity index (χ4n) is 2.30. The summed E-state index contributed by atoms with van der Waals surface area (Å²) < 4.78 is 63.3. The van der Waals surface area contributed by atoms with E-state index in [9.17, 15) is 17.6 Å². The number of hydrogen-bond acceptors (Lipinski definition) is 2. The topological polar surface area (TPSA) is 18.5 Å². The van der Waals surface area contributed by atoms with E-state index in [1.54, 1.807) is 0 Å². The van der Waals surface area contributed by atoms with Gasteiger partial charge in [0.1, 0.15) is 23.7 Å². The summed E-state index contributed by atoms with van der Waals surface area (Å²) in [5, 5.41) is 0. The van der Waals surface area contributed by atoms with E-state index >= 15 is 0 Å². The maximum absolute atomic E-state index is 13.7. The molecule has 0 aliphatic carbocycles. The van der Waals surface area contributed by atoms with E-state index in [1.165, 1.54) is 13.0 Å². The van der Waals surface area contributed by atoms with Crippen molar-refractivity contribution >= 4 is 0 Å². The van der Waals surface area contributed by atoms with Gasteiger partial charge in [-0.2, -0.15) is 13.2 Å². The van der Waals surface area contributed by atoms with Crippen LogP contribution in [-0.4, -0.2) is 19.3 Å². The van der Waals surface area contributed by atoms with Gasteiger partial charge in [-0.25, -0.2) is 4.39 Å². The van der Waals surface area contributed by atoms with Crippen molar-refractivity contribution in [2.75, 3.05) is 13.2 Å². The molecule has 0 radical (unpaired) electrons. The van der Waals surface area contributed by atoms with Gasteiger partial charge in [-0.05, 0) is 37.3 Å². The summed E-state index contributed by atoms with van der Waals surface area (Å²) in [6, 6.07) is 2.44. The van der Waals surface area contributed by atoms with Crippen LogP contribution in [0.2, 0.25) is 0 Å². The number of halogens is 4. The minimum atomic E-state index is -4.78. The minimum Gasteiger partial charge on any atom is -0.490 e. The van der Waals surface area contributed by atoms with Crippen LogP contribution in [0.5, 0.6) is 5.75 Å². The lowest BCUT2D eigenvalue weighted by Gasteiger charge is -2.27. The van der Waals surface area contributed by atoms with E-state index in [0.29, 0.717) is 12.5 Å². The van der Waals surface area contributed by atoms with Crippen LogP contribution in [0.15, 0.2) is 12.1 Å². The first-order chi connectivity index (χ1) is 9.79. The molecule has 1 heterocycles. The SMILES string of the molecule is Cc1ccc(OC[C@@H]2CCC(C)CO2)c(C(F)(F)F)c1F. The summed E-state index contributed by atoms with van der Waals surface area (Å²) in [5.74, 6) is -1.31. The maximum atomic E-state index is 13.7. The first-order valence-corrected chi connectivity index (χ1v) is 6.89. The van der Waals surface area contributed by atoms with Gasteiger partial charge in [-0.15, -0.1) is 0 Å². The van der Waals surface area contributed by atoms with E-state index in [-0.39, 0.29) is 18.3 Å². The van der Waals surface area contributed by atoms with E-state index in [0.717, 1.165) is 18.9 Å². The van der Waals surface area contributed by atoms with Crippen molar-refractivity contribution in [2.24, 2.45) is 5.92 Å². The molecule has 1 aromatic rings. The smallest absolute Gasteiger partial charge is 0.422 e. The van der Waals surface area contributed by atoms with Gasteiger partial charge in [-0.3, -0.25) is 0 Å². The van der Waals surface area contributed by atoms with Crippen LogP contribution in [0.25, 0.3) is 0 Å². The van der Waals surface area contributed by atoms with Crippen LogP contribution >= 0.6 is 0 Å². The number of hydrogen-bond donors (Lipinski definition) is 0. The molecule has 0 spiro atoms. The number of ether oxygens (including phenoxy) is 2. The lowest BCUT2D eigenvalue weighted by Crippen LogP contribution is -2.30. The predicted octanol–water partition coefficient (Wildman–Crippen LogP) is 4.35. The van der Waals surface area contributed by atoms with Crippen molar-refractivity contribution in [3.8, 4) is 5.75 Å². The Balaban J connectivity index is 2.11. The van der Waals surface area contributed by atoms with E-state index in [4.69, 9.17) is 9.47 Å². The molecule has 2 atom stereocenters. The van der Waals surface area contributed by atoms with Crippen LogP contribution in [-0.2, 0) is 10.9 Å². The molecule has 21 heavy (non-hydrogen) atoms. The number of alkyl halides is 3. The molecule has 0 amide bonds. The third-order valence-electron chi connectivity index (χ3n) is 3.60. The quantitative estimate of drug-likeness (QED) is 0.773. The summed E-state index contributed by atoms with van der Waals surface area (Å²) in [5.41, 5.74) is -1.40. The molecule has 118 valence electrons. The fourth-order valence-corrected chi connectivity index (χ4v) is 2.30. The summed E-state index contributed by atoms with van der Waals surface area (Å²) in [4.78, 5) is 0. The van der Waals surface area contributed by atoms with Gasteiger partial charge >= 0.3 is 6.18 Å². The summed E-state index contributed by atoms with van der Waals surface area (Å²) in [6.07, 6.45) is -3.35. The van der Waals surface area contributed by atoms with Crippen molar-refractivity contribution in [1.29, 1.82) is 0 Å². The molecule has 2 rings (SSSR count). The van der Waals surface area contributed by atoms with E-state index in [2.05, 4.69) is 0 Å². The first-order valence-electron chi connectivity index (χ1n) is 6.89. The predicted molar refractivity (Wildman–Crippen MR) is 69.8 cm³/mol. The summed E-state index contributed by atoms with van der Waals surface area (Å²) in [7, 11) is 0. The fraction of sp³-hybridized carbons (Fsp3) is 0.600. The highest BCUT2D eigenvalue weighted by molar-refractivity contribution is 5.40. The third-order valence-corrected chi connectivity index (χ3v) is 3.60. The van der Waals surface area contributed by atoms with Gasteiger partial charge in [0.2, 0.25) is 0 Å². The molecule has 1 fully saturated rings. The highest BCUT2D eigenvalue weighted by atomic mass is 19.4. The second-order valence-corrected chi connectivity index (χ2v) is 5.52. The average molecular weight is 306 g/mol. The van der Waals surface area contributed by atoms with Gasteiger partial charge in [0, 0.05) is 6.61 Å². The van der Waals surface area contributed by atoms with Crippen molar-refractivity contribution in [2.45, 2.75) is 39.0 Å². The Labute approximate surface area is 121 Å². The Bertz CT molecular complexity index is 491. The second kappa shape index (κ2) is 6.22. The molecule has 1 unspecified atom stereocenters. The largest absolute Gasteiger partial charge is 0.490 e. The van der Waals surface area contributed by atoms with Crippen molar-refractivity contribution in [3.05, 3.63) is 29.1 Å². The molecule has 0 aromatic heterocycles. The highest BCUT2D eigenvalue weighted by Gasteiger charge is 2.38. The molecule has 1 aromatic carbocycles. The molecular weight excluding hydrogens is 288 g/mol. The lowest BCUT2D eigenvalue weighted by atomic mass is 10.0.